The van der Waals surface area contributed by atoms with Gasteiger partial charge in [-0.15, -0.1) is 72.5 Å². The van der Waals surface area contributed by atoms with Gasteiger partial charge in [0.05, 0.1) is 13.0 Å². The molecule has 696 valence electrons. The number of anilines is 4. The minimum Gasteiger partial charge on any atom is -0.359 e. The molecule has 13 heterocycles. The standard InChI is InChI=1S/C14H21N4OP.C12H15N5O.C11H19N5O.C11H21N5.C9H16N4O.C9H12N4S.C8H13N5O.C6H11N3O.C4H10/c1-14(2,3)18-10-15-17-13(18)16-11-6-8-12(9-7-11)20(4,5)19;1-12(2,3)17-8-14-16-10(17)11(18)15-9-6-4-5-7-13-9;1-11(2,3)16-8-13-14-9(16)10(17)15-6-4-12-5-7-15;1-11(2,3)16-9-13-14-10(16)8-15-6-4-12-5-7-15;1-9(2,3)13-6-11-12-7(13)5-8(14)10-4;1-9(2,3)13-6-11-12-7(13)8-10-4-5-14-8;14-7(6-1-3-9-4-2-6)12-8-10-5-11-13-8;1-6(2,3)9-4-7-8-5(9)10;1-4(2)3/h6-10H,1-5H3,(H,16,17);4-8H,1-3H3,(H,13,15,18);8,12H,4-7H2,1-3H3;9,12H,4-8H2,1-3H3;6H,5H2,1-4H3,(H,10,14);4-6H,1-3H3;5-6,9H,1-4H2,(H2,10,11,12,13,14);4H,1-3H3,(H,8,10);4H,1-3H3. The Kier molecular flexibility index (Phi) is 39.0. The van der Waals surface area contributed by atoms with Crippen molar-refractivity contribution in [2.75, 3.05) is 102 Å². The van der Waals surface area contributed by atoms with E-state index in [1.807, 2.05) is 142 Å². The van der Waals surface area contributed by atoms with Crippen LogP contribution in [0.25, 0.3) is 10.8 Å². The Morgan fingerprint density at radius 2 is 1.00 bits per heavy atom. The van der Waals surface area contributed by atoms with Gasteiger partial charge in [-0.3, -0.25) is 38.5 Å². The molecule has 41 nitrogen and oxygen atoms in total. The first kappa shape index (κ1) is 104. The third-order valence-electron chi connectivity index (χ3n) is 18.7. The number of hydrogen-bond acceptors (Lipinski definition) is 29. The molecule has 0 unspecified atom stereocenters. The molecule has 3 aliphatic heterocycles. The third-order valence-corrected chi connectivity index (χ3v) is 21.0. The van der Waals surface area contributed by atoms with Crippen molar-refractivity contribution in [2.24, 2.45) is 11.8 Å². The van der Waals surface area contributed by atoms with Gasteiger partial charge in [0.25, 0.3) is 11.8 Å². The van der Waals surface area contributed by atoms with Crippen molar-refractivity contribution < 1.29 is 23.7 Å². The summed E-state index contributed by atoms with van der Waals surface area (Å²) in [6, 6.07) is 12.9. The lowest BCUT2D eigenvalue weighted by Gasteiger charge is -2.29. The maximum absolute atomic E-state index is 12.3. The SMILES string of the molecule is CC(C)(C)n1cn[nH]c1=O.CC(C)(C)n1cnnc1-c1nccs1.CC(C)(C)n1cnnc1C(=O)N1CCNCC1.CC(C)(C)n1cnnc1C(=O)Nc1ccccn1.CC(C)(C)n1cnnc1CN1CCNCC1.CC(C)(C)n1cnnc1Nc1ccc(P(C)(C)=O)cc1.CC(C)C.CNC(=O)Cc1nncn1C(C)(C)C.O=C(Nc1ncn[nH]1)C1CCNCC1. The number of aromatic nitrogens is 26. The van der Waals surface area contributed by atoms with E-state index in [4.69, 9.17) is 0 Å². The Morgan fingerprint density at radius 1 is 0.512 bits per heavy atom. The summed E-state index contributed by atoms with van der Waals surface area (Å²) in [6.45, 7) is 63.4. The van der Waals surface area contributed by atoms with Crippen LogP contribution in [0.1, 0.15) is 212 Å². The number of pyridine rings is 1. The molecule has 10 aromatic heterocycles. The molecule has 3 saturated heterocycles. The Bertz CT molecular complexity index is 5140. The zero-order chi connectivity index (χ0) is 94.3. The number of H-pyrrole nitrogens is 2. The highest BCUT2D eigenvalue weighted by atomic mass is 32.1. The molecule has 43 heteroatoms. The van der Waals surface area contributed by atoms with Crippen LogP contribution in [0.15, 0.2) is 116 Å². The summed E-state index contributed by atoms with van der Waals surface area (Å²) >= 11 is 1.58. The van der Waals surface area contributed by atoms with Gasteiger partial charge in [0, 0.05) is 133 Å². The third kappa shape index (κ3) is 34.8. The number of nitrogens with zero attached hydrogens (tertiary/aromatic N) is 26. The number of piperazine rings is 2. The molecule has 0 spiro atoms. The van der Waals surface area contributed by atoms with E-state index in [-0.39, 0.29) is 86.3 Å². The summed E-state index contributed by atoms with van der Waals surface area (Å²) in [4.78, 5) is 74.4. The molecule has 0 saturated carbocycles. The van der Waals surface area contributed by atoms with Crippen LogP contribution in [-0.4, -0.2) is 248 Å². The number of carbonyl (C=O) groups is 4. The second-order valence-corrected chi connectivity index (χ2v) is 42.2. The second-order valence-electron chi connectivity index (χ2n) is 38.1. The number of likely N-dealkylation sites (N-methyl/N-ethyl adjacent to an activating group) is 1. The fourth-order valence-corrected chi connectivity index (χ4v) is 13.4. The van der Waals surface area contributed by atoms with Gasteiger partial charge in [0.2, 0.25) is 35.4 Å². The van der Waals surface area contributed by atoms with Crippen LogP contribution in [0.2, 0.25) is 0 Å². The minimum atomic E-state index is -2.21. The van der Waals surface area contributed by atoms with Crippen LogP contribution in [0.3, 0.4) is 0 Å². The van der Waals surface area contributed by atoms with E-state index in [9.17, 15) is 28.5 Å². The number of amides is 4. The zero-order valence-corrected chi connectivity index (χ0v) is 81.1. The topological polar surface area (TPSA) is 478 Å². The lowest BCUT2D eigenvalue weighted by atomic mass is 9.97. The van der Waals surface area contributed by atoms with E-state index >= 15 is 0 Å². The number of rotatable bonds is 13. The summed E-state index contributed by atoms with van der Waals surface area (Å²) in [7, 11) is -0.594. The van der Waals surface area contributed by atoms with E-state index in [1.165, 1.54) is 12.7 Å². The Balaban J connectivity index is 0.000000224. The van der Waals surface area contributed by atoms with Gasteiger partial charge < -0.3 is 64.2 Å². The molecule has 11 aromatic rings. The lowest BCUT2D eigenvalue weighted by molar-refractivity contribution is -0.121. The molecule has 3 aliphatic rings. The van der Waals surface area contributed by atoms with Crippen molar-refractivity contribution in [1.29, 1.82) is 0 Å². The number of hydrogen-bond donors (Lipinski definition) is 9. The molecule has 4 amide bonds. The van der Waals surface area contributed by atoms with E-state index in [1.54, 1.807) is 103 Å². The van der Waals surface area contributed by atoms with Crippen molar-refractivity contribution in [3.63, 3.8) is 0 Å². The number of benzene rings is 1. The predicted octanol–water partition coefficient (Wildman–Crippen LogP) is 9.43. The fourth-order valence-electron chi connectivity index (χ4n) is 11.9. The molecule has 0 bridgehead atoms. The number of carbonyl (C=O) groups excluding carboxylic acids is 4. The Hall–Kier alpha value is -11.3. The molecular formula is C84H138N35O6PS. The minimum absolute atomic E-state index is 0.00942. The number of piperidine rings is 1. The molecule has 0 radical (unpaired) electrons. The van der Waals surface area contributed by atoms with Crippen molar-refractivity contribution in [3.8, 4) is 10.8 Å². The highest BCUT2D eigenvalue weighted by Gasteiger charge is 2.30. The van der Waals surface area contributed by atoms with Crippen LogP contribution in [0.4, 0.5) is 23.4 Å². The van der Waals surface area contributed by atoms with E-state index in [0.717, 1.165) is 118 Å². The summed E-state index contributed by atoms with van der Waals surface area (Å²) in [5.74, 6) is 5.47. The number of thiazole rings is 1. The first-order chi connectivity index (χ1) is 59.4. The summed E-state index contributed by atoms with van der Waals surface area (Å²) in [5.41, 5.74) is 0.0130. The van der Waals surface area contributed by atoms with Crippen molar-refractivity contribution in [2.45, 2.75) is 231 Å². The molecule has 0 aliphatic carbocycles. The Labute approximate surface area is 750 Å². The molecule has 14 rings (SSSR count). The van der Waals surface area contributed by atoms with Crippen LogP contribution in [-0.2, 0) is 65.9 Å². The van der Waals surface area contributed by atoms with E-state index < -0.39 is 7.14 Å². The largest absolute Gasteiger partial charge is 0.359 e. The fraction of sp³-hybridized carbons (Fsp3) is 0.595. The van der Waals surface area contributed by atoms with Crippen molar-refractivity contribution >= 4 is 70.8 Å². The van der Waals surface area contributed by atoms with Gasteiger partial charge in [-0.25, -0.2) is 25.0 Å². The molecular weight excluding hydrogens is 1660 g/mol. The van der Waals surface area contributed by atoms with Gasteiger partial charge in [0.15, 0.2) is 10.8 Å². The molecule has 3 fully saturated rings. The van der Waals surface area contributed by atoms with Crippen LogP contribution >= 0.6 is 18.5 Å². The summed E-state index contributed by atoms with van der Waals surface area (Å²) < 4.78 is 25.2. The lowest BCUT2D eigenvalue weighted by Crippen LogP contribution is -2.47. The zero-order valence-electron chi connectivity index (χ0n) is 79.4. The highest BCUT2D eigenvalue weighted by molar-refractivity contribution is 7.70. The average molecular weight is 1800 g/mol. The molecule has 0 atom stereocenters. The van der Waals surface area contributed by atoms with Gasteiger partial charge >= 0.3 is 5.69 Å². The molecule has 1 aromatic carbocycles. The van der Waals surface area contributed by atoms with Gasteiger partial charge in [0.1, 0.15) is 75.2 Å². The monoisotopic (exact) mass is 1800 g/mol. The smallest absolute Gasteiger partial charge is 0.343 e. The van der Waals surface area contributed by atoms with E-state index in [0.29, 0.717) is 29.4 Å². The first-order valence-corrected chi connectivity index (χ1v) is 45.9. The first-order valence-electron chi connectivity index (χ1n) is 42.5. The number of nitrogens with one attached hydrogen (secondary N) is 9. The van der Waals surface area contributed by atoms with Gasteiger partial charge in [-0.2, -0.15) is 15.2 Å². The quantitative estimate of drug-likeness (QED) is 0.0485. The molecule has 9 N–H and O–H groups in total. The van der Waals surface area contributed by atoms with Crippen LogP contribution in [0.5, 0.6) is 0 Å². The summed E-state index contributed by atoms with van der Waals surface area (Å²) in [6.07, 6.45) is 18.4. The van der Waals surface area contributed by atoms with Crippen LogP contribution < -0.4 is 48.2 Å². The van der Waals surface area contributed by atoms with Gasteiger partial charge in [-0.05, 0) is 227 Å². The maximum atomic E-state index is 12.3. The summed E-state index contributed by atoms with van der Waals surface area (Å²) in [5, 5.41) is 84.4. The van der Waals surface area contributed by atoms with Crippen molar-refractivity contribution in [3.05, 3.63) is 145 Å². The van der Waals surface area contributed by atoms with E-state index in [2.05, 4.69) is 226 Å². The molecule has 127 heavy (non-hydrogen) atoms. The normalized spacial score (nSPS) is 14.0. The highest BCUT2D eigenvalue weighted by Crippen LogP contribution is 2.35. The second kappa shape index (κ2) is 47.5. The average Bonchev–Trinajstić information content (AvgIpc) is 1.65. The predicted molar refractivity (Wildman–Crippen MR) is 496 cm³/mol. The van der Waals surface area contributed by atoms with Crippen molar-refractivity contribution in [1.82, 2.24) is 160 Å². The maximum Gasteiger partial charge on any atom is 0.343 e. The van der Waals surface area contributed by atoms with Gasteiger partial charge in [-0.1, -0.05) is 26.8 Å². The Morgan fingerprint density at radius 3 is 1.49 bits per heavy atom. The van der Waals surface area contributed by atoms with Crippen LogP contribution in [0, 0.1) is 11.8 Å². The number of aromatic amines is 2.